The highest BCUT2D eigenvalue weighted by atomic mass is 127. The molecule has 2 rings (SSSR count). The number of ether oxygens (including phenoxy) is 1. The van der Waals surface area contributed by atoms with Gasteiger partial charge in [0.15, 0.2) is 5.96 Å². The second-order valence-electron chi connectivity index (χ2n) is 6.88. The van der Waals surface area contributed by atoms with Gasteiger partial charge in [0.1, 0.15) is 0 Å². The van der Waals surface area contributed by atoms with E-state index in [-0.39, 0.29) is 24.0 Å². The molecule has 1 aromatic carbocycles. The van der Waals surface area contributed by atoms with Crippen LogP contribution in [0.15, 0.2) is 29.3 Å². The first-order chi connectivity index (χ1) is 11.6. The van der Waals surface area contributed by atoms with E-state index < -0.39 is 0 Å². The maximum atomic E-state index is 5.59. The number of rotatable bonds is 7. The highest BCUT2D eigenvalue weighted by molar-refractivity contribution is 14.0. The molecule has 142 valence electrons. The lowest BCUT2D eigenvalue weighted by Crippen LogP contribution is -2.45. The zero-order valence-electron chi connectivity index (χ0n) is 15.9. The van der Waals surface area contributed by atoms with Crippen LogP contribution in [0.25, 0.3) is 0 Å². The zero-order chi connectivity index (χ0) is 17.4. The number of halogens is 1. The van der Waals surface area contributed by atoms with E-state index in [1.165, 1.54) is 11.3 Å². The molecule has 1 atom stereocenters. The van der Waals surface area contributed by atoms with Crippen molar-refractivity contribution in [1.82, 2.24) is 10.6 Å². The first-order valence-electron chi connectivity index (χ1n) is 8.95. The SMILES string of the molecule is CN=C(NCCOCC(C)C)NC1CCN(c2ccc(C)cc2)C1.I. The Balaban J connectivity index is 0.00000312. The summed E-state index contributed by atoms with van der Waals surface area (Å²) in [5.41, 5.74) is 2.60. The Kier molecular flexibility index (Phi) is 10.2. The van der Waals surface area contributed by atoms with E-state index in [0.717, 1.165) is 38.6 Å². The van der Waals surface area contributed by atoms with Crippen LogP contribution < -0.4 is 15.5 Å². The molecule has 6 heteroatoms. The summed E-state index contributed by atoms with van der Waals surface area (Å²) in [6.45, 7) is 10.8. The van der Waals surface area contributed by atoms with Crippen LogP contribution in [0.1, 0.15) is 25.8 Å². The van der Waals surface area contributed by atoms with Crippen LogP contribution in [0.2, 0.25) is 0 Å². The van der Waals surface area contributed by atoms with Gasteiger partial charge < -0.3 is 20.3 Å². The lowest BCUT2D eigenvalue weighted by atomic mass is 10.2. The molecule has 0 aliphatic carbocycles. The average Bonchev–Trinajstić information content (AvgIpc) is 3.02. The number of guanidine groups is 1. The van der Waals surface area contributed by atoms with Crippen LogP contribution in [0.4, 0.5) is 5.69 Å². The molecule has 1 aromatic rings. The Morgan fingerprint density at radius 2 is 2.04 bits per heavy atom. The fourth-order valence-corrected chi connectivity index (χ4v) is 2.82. The van der Waals surface area contributed by atoms with Crippen molar-refractivity contribution in [1.29, 1.82) is 0 Å². The van der Waals surface area contributed by atoms with E-state index in [0.29, 0.717) is 18.6 Å². The quantitative estimate of drug-likeness (QED) is 0.284. The summed E-state index contributed by atoms with van der Waals surface area (Å²) in [4.78, 5) is 6.74. The van der Waals surface area contributed by atoms with Crippen molar-refractivity contribution >= 4 is 35.6 Å². The molecule has 0 amide bonds. The summed E-state index contributed by atoms with van der Waals surface area (Å²) < 4.78 is 5.59. The third-order valence-electron chi connectivity index (χ3n) is 4.14. The normalized spacial score (nSPS) is 17.6. The molecule has 1 fully saturated rings. The first kappa shape index (κ1) is 22.0. The van der Waals surface area contributed by atoms with Crippen molar-refractivity contribution in [3.8, 4) is 0 Å². The van der Waals surface area contributed by atoms with Crippen LogP contribution in [0.3, 0.4) is 0 Å². The second kappa shape index (κ2) is 11.6. The van der Waals surface area contributed by atoms with Gasteiger partial charge in [-0.25, -0.2) is 0 Å². The summed E-state index contributed by atoms with van der Waals surface area (Å²) >= 11 is 0. The van der Waals surface area contributed by atoms with E-state index in [1.54, 1.807) is 0 Å². The van der Waals surface area contributed by atoms with Crippen LogP contribution in [-0.2, 0) is 4.74 Å². The molecule has 25 heavy (non-hydrogen) atoms. The van der Waals surface area contributed by atoms with Crippen molar-refractivity contribution in [2.45, 2.75) is 33.2 Å². The Morgan fingerprint density at radius 3 is 2.68 bits per heavy atom. The smallest absolute Gasteiger partial charge is 0.191 e. The monoisotopic (exact) mass is 460 g/mol. The zero-order valence-corrected chi connectivity index (χ0v) is 18.2. The molecule has 5 nitrogen and oxygen atoms in total. The van der Waals surface area contributed by atoms with Crippen LogP contribution in [-0.4, -0.2) is 51.9 Å². The van der Waals surface area contributed by atoms with Crippen molar-refractivity contribution in [2.75, 3.05) is 44.8 Å². The number of nitrogens with one attached hydrogen (secondary N) is 2. The molecule has 0 bridgehead atoms. The maximum Gasteiger partial charge on any atom is 0.191 e. The predicted octanol–water partition coefficient (Wildman–Crippen LogP) is 3.03. The number of aliphatic imine (C=N–C) groups is 1. The highest BCUT2D eigenvalue weighted by Crippen LogP contribution is 2.20. The number of hydrogen-bond acceptors (Lipinski definition) is 3. The van der Waals surface area contributed by atoms with Crippen LogP contribution in [0.5, 0.6) is 0 Å². The van der Waals surface area contributed by atoms with E-state index in [4.69, 9.17) is 4.74 Å². The molecule has 1 aliphatic heterocycles. The van der Waals surface area contributed by atoms with Crippen LogP contribution in [0, 0.1) is 12.8 Å². The molecule has 0 aromatic heterocycles. The molecule has 1 unspecified atom stereocenters. The fourth-order valence-electron chi connectivity index (χ4n) is 2.82. The minimum absolute atomic E-state index is 0. The van der Waals surface area contributed by atoms with E-state index in [2.05, 4.69) is 65.6 Å². The molecular weight excluding hydrogens is 427 g/mol. The Bertz CT molecular complexity index is 519. The van der Waals surface area contributed by atoms with Gasteiger partial charge >= 0.3 is 0 Å². The predicted molar refractivity (Wildman–Crippen MR) is 117 cm³/mol. The standard InChI is InChI=1S/C19H32N4O.HI/c1-15(2)14-24-12-10-21-19(20-4)22-17-9-11-23(13-17)18-7-5-16(3)6-8-18;/h5-8,15,17H,9-14H2,1-4H3,(H2,20,21,22);1H. The third-order valence-corrected chi connectivity index (χ3v) is 4.14. The lowest BCUT2D eigenvalue weighted by Gasteiger charge is -2.20. The Hall–Kier alpha value is -1.02. The van der Waals surface area contributed by atoms with Crippen molar-refractivity contribution < 1.29 is 4.74 Å². The number of benzene rings is 1. The molecule has 2 N–H and O–H groups in total. The minimum Gasteiger partial charge on any atom is -0.379 e. The highest BCUT2D eigenvalue weighted by Gasteiger charge is 2.23. The van der Waals surface area contributed by atoms with E-state index in [1.807, 2.05) is 7.05 Å². The maximum absolute atomic E-state index is 5.59. The van der Waals surface area contributed by atoms with Crippen molar-refractivity contribution in [3.05, 3.63) is 29.8 Å². The summed E-state index contributed by atoms with van der Waals surface area (Å²) in [5.74, 6) is 1.44. The van der Waals surface area contributed by atoms with Gasteiger partial charge in [-0.2, -0.15) is 0 Å². The molecule has 1 aliphatic rings. The second-order valence-corrected chi connectivity index (χ2v) is 6.88. The number of nitrogens with zero attached hydrogens (tertiary/aromatic N) is 2. The summed E-state index contributed by atoms with van der Waals surface area (Å²) in [6, 6.07) is 9.18. The molecule has 0 saturated carbocycles. The molecular formula is C19H33IN4O. The first-order valence-corrected chi connectivity index (χ1v) is 8.95. The van der Waals surface area contributed by atoms with E-state index >= 15 is 0 Å². The minimum atomic E-state index is 0. The van der Waals surface area contributed by atoms with Crippen molar-refractivity contribution in [3.63, 3.8) is 0 Å². The van der Waals surface area contributed by atoms with Gasteiger partial charge in [-0.15, -0.1) is 24.0 Å². The topological polar surface area (TPSA) is 48.9 Å². The van der Waals surface area contributed by atoms with Gasteiger partial charge in [0.2, 0.25) is 0 Å². The molecule has 1 saturated heterocycles. The Labute approximate surface area is 169 Å². The molecule has 1 heterocycles. The van der Waals surface area contributed by atoms with Gasteiger partial charge in [-0.05, 0) is 31.4 Å². The van der Waals surface area contributed by atoms with Crippen molar-refractivity contribution in [2.24, 2.45) is 10.9 Å². The largest absolute Gasteiger partial charge is 0.379 e. The third kappa shape index (κ3) is 7.81. The summed E-state index contributed by atoms with van der Waals surface area (Å²) in [7, 11) is 1.82. The van der Waals surface area contributed by atoms with Gasteiger partial charge in [-0.3, -0.25) is 4.99 Å². The number of aryl methyl sites for hydroxylation is 1. The van der Waals surface area contributed by atoms with Gasteiger partial charge in [0.05, 0.1) is 6.61 Å². The average molecular weight is 460 g/mol. The summed E-state index contributed by atoms with van der Waals surface area (Å²) in [6.07, 6.45) is 1.12. The Morgan fingerprint density at radius 1 is 1.32 bits per heavy atom. The number of hydrogen-bond donors (Lipinski definition) is 2. The fraction of sp³-hybridized carbons (Fsp3) is 0.632. The molecule has 0 radical (unpaired) electrons. The van der Waals surface area contributed by atoms with Gasteiger partial charge in [-0.1, -0.05) is 31.5 Å². The van der Waals surface area contributed by atoms with Crippen LogP contribution >= 0.6 is 24.0 Å². The van der Waals surface area contributed by atoms with Gasteiger partial charge in [0.25, 0.3) is 0 Å². The van der Waals surface area contributed by atoms with E-state index in [9.17, 15) is 0 Å². The molecule has 0 spiro atoms. The number of anilines is 1. The van der Waals surface area contributed by atoms with Gasteiger partial charge in [0, 0.05) is 45.0 Å². The lowest BCUT2D eigenvalue weighted by molar-refractivity contribution is 0.114. The summed E-state index contributed by atoms with van der Waals surface area (Å²) in [5, 5.41) is 6.85.